The number of nitrogens with one attached hydrogen (secondary N) is 1. The molecule has 0 heterocycles. The van der Waals surface area contributed by atoms with Crippen LogP contribution in [0.15, 0.2) is 54.6 Å². The average Bonchev–Trinajstić information content (AvgIpc) is 2.65. The highest BCUT2D eigenvalue weighted by molar-refractivity contribution is 7.39. The predicted molar refractivity (Wildman–Crippen MR) is 102 cm³/mol. The van der Waals surface area contributed by atoms with Gasteiger partial charge in [0.15, 0.2) is 8.03 Å². The Kier molecular flexibility index (Phi) is 7.72. The Morgan fingerprint density at radius 2 is 1.64 bits per heavy atom. The van der Waals surface area contributed by atoms with Gasteiger partial charge < -0.3 is 20.4 Å². The van der Waals surface area contributed by atoms with E-state index in [4.69, 9.17) is 5.11 Å². The van der Waals surface area contributed by atoms with Gasteiger partial charge in [0, 0.05) is 6.42 Å². The van der Waals surface area contributed by atoms with E-state index in [0.717, 1.165) is 0 Å². The van der Waals surface area contributed by atoms with Crippen LogP contribution < -0.4 is 5.32 Å². The van der Waals surface area contributed by atoms with Crippen LogP contribution in [0.4, 0.5) is 10.1 Å². The highest BCUT2D eigenvalue weighted by Crippen LogP contribution is 2.42. The molecule has 7 nitrogen and oxygen atoms in total. The van der Waals surface area contributed by atoms with Crippen molar-refractivity contribution in [3.8, 4) is 0 Å². The number of para-hydroxylation sites is 1. The minimum atomic E-state index is -3.45. The van der Waals surface area contributed by atoms with Gasteiger partial charge >= 0.3 is 11.9 Å². The molecule has 2 aromatic carbocycles. The second kappa shape index (κ2) is 10.0. The van der Waals surface area contributed by atoms with Crippen LogP contribution in [-0.4, -0.2) is 32.7 Å². The van der Waals surface area contributed by atoms with E-state index in [-0.39, 0.29) is 12.1 Å². The van der Waals surface area contributed by atoms with Crippen molar-refractivity contribution in [3.05, 3.63) is 66.0 Å². The largest absolute Gasteiger partial charge is 0.481 e. The molecule has 4 unspecified atom stereocenters. The highest BCUT2D eigenvalue weighted by Gasteiger charge is 2.39. The van der Waals surface area contributed by atoms with Gasteiger partial charge in [0.25, 0.3) is 0 Å². The number of rotatable bonds is 10. The maximum absolute atomic E-state index is 14.2. The maximum Gasteiger partial charge on any atom is 0.307 e. The van der Waals surface area contributed by atoms with Gasteiger partial charge in [-0.05, 0) is 24.1 Å². The fourth-order valence-electron chi connectivity index (χ4n) is 3.07. The lowest BCUT2D eigenvalue weighted by Gasteiger charge is -2.31. The lowest BCUT2D eigenvalue weighted by Crippen LogP contribution is -2.35. The summed E-state index contributed by atoms with van der Waals surface area (Å²) in [5.41, 5.74) is -0.805. The fraction of sp³-hybridized carbons (Fsp3) is 0.263. The lowest BCUT2D eigenvalue weighted by atomic mass is 9.90. The predicted octanol–water partition coefficient (Wildman–Crippen LogP) is 3.38. The first-order valence-corrected chi connectivity index (χ1v) is 9.98. The third-order valence-electron chi connectivity index (χ3n) is 4.41. The van der Waals surface area contributed by atoms with E-state index in [1.807, 2.05) is 0 Å². The van der Waals surface area contributed by atoms with E-state index in [0.29, 0.717) is 5.56 Å². The Balaban J connectivity index is 2.49. The van der Waals surface area contributed by atoms with E-state index in [2.05, 4.69) is 5.32 Å². The zero-order valence-electron chi connectivity index (χ0n) is 14.8. The summed E-state index contributed by atoms with van der Waals surface area (Å²) in [6.07, 6.45) is -0.793. The van der Waals surface area contributed by atoms with Crippen molar-refractivity contribution in [1.29, 1.82) is 0 Å². The molecular formula is C19H21FNO6P. The van der Waals surface area contributed by atoms with Crippen molar-refractivity contribution in [2.75, 3.05) is 5.32 Å². The summed E-state index contributed by atoms with van der Waals surface area (Å²) in [4.78, 5) is 32.7. The number of hydrogen-bond acceptors (Lipinski definition) is 4. The van der Waals surface area contributed by atoms with Crippen LogP contribution in [0.1, 0.15) is 24.4 Å². The number of anilines is 1. The summed E-state index contributed by atoms with van der Waals surface area (Å²) >= 11 is 0. The Bertz CT molecular complexity index is 847. The standard InChI is InChI=1S/C19H21FNO6P/c20-14-8-4-5-9-15(14)21-17(12-6-2-1-3-7-12)18(28(26)27)13(19(24)25)10-11-16(22)23/h1-9,13,17-18,21,28H,10-11H2,(H,22,23)(H,24,25)(H,26,27). The van der Waals surface area contributed by atoms with Crippen molar-refractivity contribution in [2.24, 2.45) is 5.92 Å². The van der Waals surface area contributed by atoms with Crippen LogP contribution in [0.2, 0.25) is 0 Å². The molecule has 0 saturated carbocycles. The van der Waals surface area contributed by atoms with Gasteiger partial charge in [0.05, 0.1) is 23.3 Å². The monoisotopic (exact) mass is 409 g/mol. The molecule has 0 aliphatic heterocycles. The number of aliphatic carboxylic acids is 2. The highest BCUT2D eigenvalue weighted by atomic mass is 31.1. The van der Waals surface area contributed by atoms with Gasteiger partial charge in [0.1, 0.15) is 5.82 Å². The second-order valence-electron chi connectivity index (χ2n) is 6.25. The molecule has 0 spiro atoms. The van der Waals surface area contributed by atoms with Gasteiger partial charge in [-0.3, -0.25) is 14.2 Å². The first kappa shape index (κ1) is 21.6. The number of hydrogen-bond donors (Lipinski definition) is 4. The van der Waals surface area contributed by atoms with E-state index in [1.165, 1.54) is 18.2 Å². The lowest BCUT2D eigenvalue weighted by molar-refractivity contribution is -0.143. The number of carboxylic acid groups (broad SMARTS) is 2. The topological polar surface area (TPSA) is 124 Å². The zero-order valence-corrected chi connectivity index (χ0v) is 15.8. The first-order valence-electron chi connectivity index (χ1n) is 8.54. The molecule has 0 amide bonds. The third-order valence-corrected chi connectivity index (χ3v) is 5.71. The number of benzene rings is 2. The van der Waals surface area contributed by atoms with E-state index in [9.17, 15) is 28.5 Å². The molecule has 2 aromatic rings. The van der Waals surface area contributed by atoms with Crippen molar-refractivity contribution in [3.63, 3.8) is 0 Å². The molecule has 0 aromatic heterocycles. The minimum absolute atomic E-state index is 0.0481. The maximum atomic E-state index is 14.2. The van der Waals surface area contributed by atoms with Crippen molar-refractivity contribution in [2.45, 2.75) is 24.5 Å². The Morgan fingerprint density at radius 1 is 1.04 bits per heavy atom. The molecule has 150 valence electrons. The smallest absolute Gasteiger partial charge is 0.307 e. The van der Waals surface area contributed by atoms with Crippen LogP contribution in [-0.2, 0) is 14.2 Å². The van der Waals surface area contributed by atoms with Gasteiger partial charge in [-0.2, -0.15) is 0 Å². The van der Waals surface area contributed by atoms with Crippen LogP contribution in [0, 0.1) is 11.7 Å². The van der Waals surface area contributed by atoms with Crippen molar-refractivity contribution >= 4 is 25.7 Å². The van der Waals surface area contributed by atoms with Crippen LogP contribution >= 0.6 is 8.03 Å². The molecule has 2 rings (SSSR count). The molecule has 4 N–H and O–H groups in total. The third kappa shape index (κ3) is 5.65. The molecule has 0 aliphatic rings. The van der Waals surface area contributed by atoms with Crippen LogP contribution in [0.5, 0.6) is 0 Å². The summed E-state index contributed by atoms with van der Waals surface area (Å²) in [6.45, 7) is 0. The molecule has 4 atom stereocenters. The fourth-order valence-corrected chi connectivity index (χ4v) is 4.28. The van der Waals surface area contributed by atoms with Gasteiger partial charge in [-0.15, -0.1) is 0 Å². The number of carboxylic acids is 2. The summed E-state index contributed by atoms with van der Waals surface area (Å²) in [6, 6.07) is 13.0. The van der Waals surface area contributed by atoms with E-state index >= 15 is 0 Å². The molecule has 0 saturated heterocycles. The molecule has 0 radical (unpaired) electrons. The Hall–Kier alpha value is -2.70. The molecule has 0 bridgehead atoms. The first-order chi connectivity index (χ1) is 13.3. The van der Waals surface area contributed by atoms with E-state index < -0.39 is 49.8 Å². The van der Waals surface area contributed by atoms with Gasteiger partial charge in [0.2, 0.25) is 0 Å². The molecule has 0 aliphatic carbocycles. The van der Waals surface area contributed by atoms with Crippen LogP contribution in [0.25, 0.3) is 0 Å². The SMILES string of the molecule is O=C(O)CCC(C(=O)O)C(C(Nc1ccccc1F)c1ccccc1)[PH](=O)O. The Morgan fingerprint density at radius 3 is 2.18 bits per heavy atom. The minimum Gasteiger partial charge on any atom is -0.481 e. The summed E-state index contributed by atoms with van der Waals surface area (Å²) in [5.74, 6) is -4.59. The molecule has 28 heavy (non-hydrogen) atoms. The van der Waals surface area contributed by atoms with E-state index in [1.54, 1.807) is 36.4 Å². The number of halogens is 1. The summed E-state index contributed by atoms with van der Waals surface area (Å²) in [5, 5.41) is 21.3. The average molecular weight is 409 g/mol. The summed E-state index contributed by atoms with van der Waals surface area (Å²) in [7, 11) is -3.45. The second-order valence-corrected chi connectivity index (χ2v) is 7.60. The van der Waals surface area contributed by atoms with Crippen molar-refractivity contribution in [1.82, 2.24) is 0 Å². The van der Waals surface area contributed by atoms with Crippen LogP contribution in [0.3, 0.4) is 0 Å². The molecule has 9 heteroatoms. The summed E-state index contributed by atoms with van der Waals surface area (Å²) < 4.78 is 26.4. The molecule has 0 fully saturated rings. The Labute approximate surface area is 161 Å². The number of carbonyl (C=O) groups is 2. The van der Waals surface area contributed by atoms with Gasteiger partial charge in [-0.25, -0.2) is 4.39 Å². The zero-order chi connectivity index (χ0) is 20.7. The van der Waals surface area contributed by atoms with Gasteiger partial charge in [-0.1, -0.05) is 42.5 Å². The van der Waals surface area contributed by atoms with Crippen molar-refractivity contribution < 1.29 is 33.7 Å². The normalized spacial score (nSPS) is 15.2. The molecular weight excluding hydrogens is 388 g/mol. The quantitative estimate of drug-likeness (QED) is 0.444.